The second-order valence-electron chi connectivity index (χ2n) is 7.93. The minimum absolute atomic E-state index is 0.114. The van der Waals surface area contributed by atoms with Gasteiger partial charge in [-0.15, -0.1) is 0 Å². The van der Waals surface area contributed by atoms with Crippen molar-refractivity contribution in [1.29, 1.82) is 0 Å². The Morgan fingerprint density at radius 3 is 2.33 bits per heavy atom. The van der Waals surface area contributed by atoms with Gasteiger partial charge in [0, 0.05) is 12.8 Å². The van der Waals surface area contributed by atoms with Crippen molar-refractivity contribution in [2.45, 2.75) is 56.6 Å². The summed E-state index contributed by atoms with van der Waals surface area (Å²) < 4.78 is 0. The first-order valence-corrected chi connectivity index (χ1v) is 8.84. The number of nitrogens with zero attached hydrogens (tertiary/aromatic N) is 1. The van der Waals surface area contributed by atoms with Crippen LogP contribution in [0.2, 0.25) is 0 Å². The van der Waals surface area contributed by atoms with E-state index in [-0.39, 0.29) is 18.5 Å². The maximum absolute atomic E-state index is 13.0. The number of imide groups is 1. The van der Waals surface area contributed by atoms with Crippen LogP contribution in [0.15, 0.2) is 24.3 Å². The van der Waals surface area contributed by atoms with E-state index in [0.717, 1.165) is 24.0 Å². The van der Waals surface area contributed by atoms with Crippen LogP contribution in [0.1, 0.15) is 43.7 Å². The Balaban J connectivity index is 1.53. The molecule has 1 aliphatic heterocycles. The van der Waals surface area contributed by atoms with Gasteiger partial charge in [-0.3, -0.25) is 9.69 Å². The lowest BCUT2D eigenvalue weighted by Crippen LogP contribution is -2.50. The molecule has 128 valence electrons. The highest BCUT2D eigenvalue weighted by Gasteiger charge is 2.55. The molecule has 0 aromatic heterocycles. The van der Waals surface area contributed by atoms with Crippen LogP contribution >= 0.6 is 0 Å². The number of aliphatic hydroxyl groups is 1. The Kier molecular flexibility index (Phi) is 3.46. The summed E-state index contributed by atoms with van der Waals surface area (Å²) in [5, 5.41) is 13.7. The molecule has 3 aliphatic rings. The van der Waals surface area contributed by atoms with Gasteiger partial charge < -0.3 is 10.4 Å². The quantitative estimate of drug-likeness (QED) is 0.816. The number of urea groups is 1. The lowest BCUT2D eigenvalue weighted by molar-refractivity contribution is -0.134. The first-order chi connectivity index (χ1) is 11.4. The molecular weight excluding hydrogens is 304 g/mol. The maximum atomic E-state index is 13.0. The molecule has 2 fully saturated rings. The van der Waals surface area contributed by atoms with Crippen molar-refractivity contribution in [3.63, 3.8) is 0 Å². The standard InChI is InChI=1S/C19H24N2O3/c1-13-6-8-18(24,9-7-13)12-21-16(22)19(20-17(21)23)10-14-4-2-3-5-15(14)11-19/h2-5,13,24H,6-12H2,1H3,(H,20,23). The maximum Gasteiger partial charge on any atom is 0.325 e. The number of carbonyl (C=O) groups excluding carboxylic acids is 2. The molecule has 1 aromatic carbocycles. The fourth-order valence-corrected chi connectivity index (χ4v) is 4.43. The number of benzene rings is 1. The molecular formula is C19H24N2O3. The number of β-amino-alcohol motifs (C(OH)–C–C–N with tert-alkyl or cyclic N) is 1. The highest BCUT2D eigenvalue weighted by Crippen LogP contribution is 2.37. The Hall–Kier alpha value is -1.88. The molecule has 3 amide bonds. The van der Waals surface area contributed by atoms with Gasteiger partial charge in [-0.05, 0) is 42.7 Å². The highest BCUT2D eigenvalue weighted by atomic mass is 16.3. The summed E-state index contributed by atoms with van der Waals surface area (Å²) in [6, 6.07) is 7.59. The van der Waals surface area contributed by atoms with Crippen molar-refractivity contribution in [1.82, 2.24) is 10.2 Å². The van der Waals surface area contributed by atoms with Gasteiger partial charge in [-0.2, -0.15) is 0 Å². The Morgan fingerprint density at radius 2 is 1.75 bits per heavy atom. The van der Waals surface area contributed by atoms with Crippen LogP contribution in [0.3, 0.4) is 0 Å². The smallest absolute Gasteiger partial charge is 0.325 e. The van der Waals surface area contributed by atoms with Crippen LogP contribution in [0.25, 0.3) is 0 Å². The van der Waals surface area contributed by atoms with E-state index in [0.29, 0.717) is 31.6 Å². The molecule has 2 N–H and O–H groups in total. The molecule has 0 unspecified atom stereocenters. The summed E-state index contributed by atoms with van der Waals surface area (Å²) in [5.41, 5.74) is 0.465. The summed E-state index contributed by atoms with van der Waals surface area (Å²) in [7, 11) is 0. The number of carbonyl (C=O) groups is 2. The van der Waals surface area contributed by atoms with Crippen molar-refractivity contribution in [3.05, 3.63) is 35.4 Å². The Bertz CT molecular complexity index is 667. The molecule has 1 saturated heterocycles. The topological polar surface area (TPSA) is 69.6 Å². The van der Waals surface area contributed by atoms with E-state index in [9.17, 15) is 14.7 Å². The van der Waals surface area contributed by atoms with Gasteiger partial charge in [0.05, 0.1) is 12.1 Å². The van der Waals surface area contributed by atoms with Crippen molar-refractivity contribution in [2.75, 3.05) is 6.54 Å². The molecule has 1 saturated carbocycles. The monoisotopic (exact) mass is 328 g/mol. The van der Waals surface area contributed by atoms with Gasteiger partial charge in [0.25, 0.3) is 5.91 Å². The summed E-state index contributed by atoms with van der Waals surface area (Å²) >= 11 is 0. The average molecular weight is 328 g/mol. The number of hydrogen-bond acceptors (Lipinski definition) is 3. The van der Waals surface area contributed by atoms with Gasteiger partial charge in [0.1, 0.15) is 5.54 Å². The summed E-state index contributed by atoms with van der Waals surface area (Å²) in [6.45, 7) is 2.29. The van der Waals surface area contributed by atoms with Crippen LogP contribution < -0.4 is 5.32 Å². The molecule has 2 aliphatic carbocycles. The van der Waals surface area contributed by atoms with Gasteiger partial charge in [0.15, 0.2) is 0 Å². The Morgan fingerprint density at radius 1 is 1.17 bits per heavy atom. The van der Waals surface area contributed by atoms with E-state index in [1.165, 1.54) is 4.90 Å². The SMILES string of the molecule is CC1CCC(O)(CN2C(=O)NC3(Cc4ccccc4C3)C2=O)CC1. The molecule has 4 rings (SSSR count). The van der Waals surface area contributed by atoms with Crippen LogP contribution in [0.4, 0.5) is 4.79 Å². The van der Waals surface area contributed by atoms with Gasteiger partial charge >= 0.3 is 6.03 Å². The van der Waals surface area contributed by atoms with Crippen molar-refractivity contribution >= 4 is 11.9 Å². The largest absolute Gasteiger partial charge is 0.388 e. The number of hydrogen-bond donors (Lipinski definition) is 2. The highest BCUT2D eigenvalue weighted by molar-refractivity contribution is 6.08. The van der Waals surface area contributed by atoms with E-state index in [1.54, 1.807) is 0 Å². The van der Waals surface area contributed by atoms with Crippen LogP contribution in [-0.4, -0.2) is 39.6 Å². The van der Waals surface area contributed by atoms with Gasteiger partial charge in [0.2, 0.25) is 0 Å². The van der Waals surface area contributed by atoms with E-state index >= 15 is 0 Å². The number of nitrogens with one attached hydrogen (secondary N) is 1. The van der Waals surface area contributed by atoms with Crippen LogP contribution in [0, 0.1) is 5.92 Å². The van der Waals surface area contributed by atoms with Gasteiger partial charge in [-0.25, -0.2) is 4.79 Å². The molecule has 1 heterocycles. The fourth-order valence-electron chi connectivity index (χ4n) is 4.43. The minimum Gasteiger partial charge on any atom is -0.388 e. The average Bonchev–Trinajstić information content (AvgIpc) is 3.03. The number of rotatable bonds is 2. The number of amides is 3. The van der Waals surface area contributed by atoms with E-state index in [2.05, 4.69) is 12.2 Å². The minimum atomic E-state index is -0.934. The predicted molar refractivity (Wildman–Crippen MR) is 89.4 cm³/mol. The van der Waals surface area contributed by atoms with Crippen molar-refractivity contribution in [2.24, 2.45) is 5.92 Å². The van der Waals surface area contributed by atoms with E-state index in [4.69, 9.17) is 0 Å². The molecule has 0 bridgehead atoms. The van der Waals surface area contributed by atoms with E-state index in [1.807, 2.05) is 24.3 Å². The lowest BCUT2D eigenvalue weighted by Gasteiger charge is -2.36. The first kappa shape index (κ1) is 15.6. The molecule has 24 heavy (non-hydrogen) atoms. The van der Waals surface area contributed by atoms with Gasteiger partial charge in [-0.1, -0.05) is 31.2 Å². The van der Waals surface area contributed by atoms with Crippen molar-refractivity contribution < 1.29 is 14.7 Å². The molecule has 1 spiro atoms. The third kappa shape index (κ3) is 2.42. The zero-order valence-electron chi connectivity index (χ0n) is 14.0. The Labute approximate surface area is 142 Å². The van der Waals surface area contributed by atoms with Crippen LogP contribution in [-0.2, 0) is 17.6 Å². The molecule has 0 radical (unpaired) electrons. The van der Waals surface area contributed by atoms with Crippen LogP contribution in [0.5, 0.6) is 0 Å². The van der Waals surface area contributed by atoms with Crippen molar-refractivity contribution in [3.8, 4) is 0 Å². The summed E-state index contributed by atoms with van der Waals surface area (Å²) in [5.74, 6) is 0.416. The first-order valence-electron chi connectivity index (χ1n) is 8.84. The zero-order valence-corrected chi connectivity index (χ0v) is 14.0. The predicted octanol–water partition coefficient (Wildman–Crippen LogP) is 2.02. The molecule has 5 nitrogen and oxygen atoms in total. The zero-order chi connectivity index (χ0) is 16.9. The summed E-state index contributed by atoms with van der Waals surface area (Å²) in [4.78, 5) is 26.7. The second kappa shape index (κ2) is 5.31. The second-order valence-corrected chi connectivity index (χ2v) is 7.93. The normalized spacial score (nSPS) is 31.4. The molecule has 1 aromatic rings. The lowest BCUT2D eigenvalue weighted by atomic mass is 9.79. The summed E-state index contributed by atoms with van der Waals surface area (Å²) in [6.07, 6.45) is 4.27. The molecule has 0 atom stereocenters. The third-order valence-electron chi connectivity index (χ3n) is 6.01. The van der Waals surface area contributed by atoms with E-state index < -0.39 is 11.1 Å². The number of fused-ring (bicyclic) bond motifs is 1. The molecule has 5 heteroatoms. The third-order valence-corrected chi connectivity index (χ3v) is 6.01. The fraction of sp³-hybridized carbons (Fsp3) is 0.579.